The summed E-state index contributed by atoms with van der Waals surface area (Å²) in [6.45, 7) is 15.0. The summed E-state index contributed by atoms with van der Waals surface area (Å²) < 4.78 is 0. The van der Waals surface area contributed by atoms with Gasteiger partial charge in [0.05, 0.1) is 6.54 Å². The highest BCUT2D eigenvalue weighted by Gasteiger charge is 2.28. The number of aliphatic hydroxyl groups excluding tert-OH is 1. The molecule has 31 heavy (non-hydrogen) atoms. The van der Waals surface area contributed by atoms with E-state index in [1.807, 2.05) is 0 Å². The molecule has 0 amide bonds. The van der Waals surface area contributed by atoms with Crippen LogP contribution in [-0.4, -0.2) is 79.3 Å². The first-order chi connectivity index (χ1) is 14.7. The van der Waals surface area contributed by atoms with E-state index in [2.05, 4.69) is 65.1 Å². The first-order valence-corrected chi connectivity index (χ1v) is 11.9. The number of aliphatic hydroxyl groups is 1. The van der Waals surface area contributed by atoms with E-state index in [-0.39, 0.29) is 24.0 Å². The zero-order valence-electron chi connectivity index (χ0n) is 19.6. The Morgan fingerprint density at radius 1 is 1.06 bits per heavy atom. The predicted octanol–water partition coefficient (Wildman–Crippen LogP) is 3.39. The van der Waals surface area contributed by atoms with Crippen molar-refractivity contribution in [2.75, 3.05) is 57.3 Å². The summed E-state index contributed by atoms with van der Waals surface area (Å²) in [6, 6.07) is 9.51. The Kier molecular flexibility index (Phi) is 11.4. The van der Waals surface area contributed by atoms with Gasteiger partial charge < -0.3 is 20.2 Å². The van der Waals surface area contributed by atoms with Crippen molar-refractivity contribution in [2.24, 2.45) is 10.9 Å². The fourth-order valence-electron chi connectivity index (χ4n) is 4.75. The number of benzene rings is 1. The number of hydrogen-bond acceptors (Lipinski definition) is 4. The molecule has 1 aromatic carbocycles. The zero-order chi connectivity index (χ0) is 21.3. The van der Waals surface area contributed by atoms with Crippen molar-refractivity contribution in [1.29, 1.82) is 0 Å². The number of aliphatic imine (C=N–C) groups is 1. The van der Waals surface area contributed by atoms with Crippen molar-refractivity contribution in [3.05, 3.63) is 29.8 Å². The second-order valence-corrected chi connectivity index (χ2v) is 8.56. The van der Waals surface area contributed by atoms with E-state index in [1.165, 1.54) is 17.7 Å². The van der Waals surface area contributed by atoms with E-state index in [1.54, 1.807) is 0 Å². The standard InChI is InChI=1S/C24H41N5O.HI/c1-4-25-24(29-16-13-23(18-29)27(5-2)6-3)26-17-20-7-9-22(10-8-20)28-14-11-21(19-30)12-15-28;/h7-10,21,23,30H,4-6,11-19H2,1-3H3,(H,25,26);1H. The number of rotatable bonds is 8. The van der Waals surface area contributed by atoms with E-state index in [0.717, 1.165) is 64.6 Å². The minimum atomic E-state index is 0. The molecule has 1 unspecified atom stereocenters. The molecule has 3 rings (SSSR count). The molecule has 2 fully saturated rings. The second-order valence-electron chi connectivity index (χ2n) is 8.56. The van der Waals surface area contributed by atoms with Gasteiger partial charge in [-0.2, -0.15) is 0 Å². The molecule has 2 aliphatic rings. The molecule has 0 spiro atoms. The zero-order valence-corrected chi connectivity index (χ0v) is 21.9. The molecule has 2 saturated heterocycles. The summed E-state index contributed by atoms with van der Waals surface area (Å²) in [5, 5.41) is 12.8. The predicted molar refractivity (Wildman–Crippen MR) is 142 cm³/mol. The van der Waals surface area contributed by atoms with E-state index in [4.69, 9.17) is 4.99 Å². The minimum Gasteiger partial charge on any atom is -0.396 e. The van der Waals surface area contributed by atoms with Crippen molar-refractivity contribution in [1.82, 2.24) is 15.1 Å². The van der Waals surface area contributed by atoms with Gasteiger partial charge in [0, 0.05) is 51.1 Å². The number of guanidine groups is 1. The van der Waals surface area contributed by atoms with Crippen LogP contribution in [0.15, 0.2) is 29.3 Å². The normalized spacial score (nSPS) is 20.3. The first kappa shape index (κ1) is 26.2. The van der Waals surface area contributed by atoms with Gasteiger partial charge in [-0.1, -0.05) is 26.0 Å². The number of halogens is 1. The summed E-state index contributed by atoms with van der Waals surface area (Å²) >= 11 is 0. The average Bonchev–Trinajstić information content (AvgIpc) is 3.28. The lowest BCUT2D eigenvalue weighted by Crippen LogP contribution is -2.43. The van der Waals surface area contributed by atoms with Crippen LogP contribution >= 0.6 is 24.0 Å². The molecule has 2 aliphatic heterocycles. The molecule has 1 aromatic rings. The molecule has 176 valence electrons. The fourth-order valence-corrected chi connectivity index (χ4v) is 4.75. The van der Waals surface area contributed by atoms with Crippen molar-refractivity contribution >= 4 is 35.6 Å². The lowest BCUT2D eigenvalue weighted by Gasteiger charge is -2.32. The third-order valence-electron chi connectivity index (χ3n) is 6.71. The Morgan fingerprint density at radius 3 is 2.32 bits per heavy atom. The Bertz CT molecular complexity index is 656. The van der Waals surface area contributed by atoms with Gasteiger partial charge in [-0.05, 0) is 62.9 Å². The summed E-state index contributed by atoms with van der Waals surface area (Å²) in [4.78, 5) is 12.4. The van der Waals surface area contributed by atoms with Gasteiger partial charge in [-0.3, -0.25) is 4.90 Å². The van der Waals surface area contributed by atoms with Gasteiger partial charge in [-0.25, -0.2) is 4.99 Å². The van der Waals surface area contributed by atoms with Crippen LogP contribution < -0.4 is 10.2 Å². The van der Waals surface area contributed by atoms with Crippen molar-refractivity contribution in [2.45, 2.75) is 52.6 Å². The molecule has 2 N–H and O–H groups in total. The van der Waals surface area contributed by atoms with Gasteiger partial charge in [0.25, 0.3) is 0 Å². The van der Waals surface area contributed by atoms with Gasteiger partial charge >= 0.3 is 0 Å². The molecule has 0 bridgehead atoms. The van der Waals surface area contributed by atoms with Crippen LogP contribution in [0.1, 0.15) is 45.6 Å². The Balaban J connectivity index is 0.00000341. The monoisotopic (exact) mass is 543 g/mol. The van der Waals surface area contributed by atoms with Gasteiger partial charge in [0.2, 0.25) is 0 Å². The molecule has 7 heteroatoms. The minimum absolute atomic E-state index is 0. The van der Waals surface area contributed by atoms with E-state index < -0.39 is 0 Å². The fraction of sp³-hybridized carbons (Fsp3) is 0.708. The number of nitrogens with one attached hydrogen (secondary N) is 1. The molecular weight excluding hydrogens is 501 g/mol. The van der Waals surface area contributed by atoms with E-state index >= 15 is 0 Å². The van der Waals surface area contributed by atoms with Crippen LogP contribution in [-0.2, 0) is 6.54 Å². The highest BCUT2D eigenvalue weighted by Crippen LogP contribution is 2.23. The maximum atomic E-state index is 9.33. The largest absolute Gasteiger partial charge is 0.396 e. The molecule has 6 nitrogen and oxygen atoms in total. The number of piperidine rings is 1. The molecule has 0 aromatic heterocycles. The molecule has 2 heterocycles. The Labute approximate surface area is 206 Å². The summed E-state index contributed by atoms with van der Waals surface area (Å²) in [5.74, 6) is 1.52. The van der Waals surface area contributed by atoms with Crippen LogP contribution in [0.2, 0.25) is 0 Å². The summed E-state index contributed by atoms with van der Waals surface area (Å²) in [5.41, 5.74) is 2.53. The molecule has 0 radical (unpaired) electrons. The SMILES string of the molecule is CCNC(=NCc1ccc(N2CCC(CO)CC2)cc1)N1CCC(N(CC)CC)C1.I. The lowest BCUT2D eigenvalue weighted by molar-refractivity contribution is 0.203. The van der Waals surface area contributed by atoms with Crippen LogP contribution in [0, 0.1) is 5.92 Å². The Morgan fingerprint density at radius 2 is 1.74 bits per heavy atom. The van der Waals surface area contributed by atoms with E-state index in [0.29, 0.717) is 25.1 Å². The number of nitrogens with zero attached hydrogens (tertiary/aromatic N) is 4. The second kappa shape index (κ2) is 13.5. The number of hydrogen-bond donors (Lipinski definition) is 2. The van der Waals surface area contributed by atoms with Crippen molar-refractivity contribution < 1.29 is 5.11 Å². The highest BCUT2D eigenvalue weighted by molar-refractivity contribution is 14.0. The van der Waals surface area contributed by atoms with Crippen LogP contribution in [0.3, 0.4) is 0 Å². The molecule has 0 aliphatic carbocycles. The molecule has 0 saturated carbocycles. The summed E-state index contributed by atoms with van der Waals surface area (Å²) in [7, 11) is 0. The van der Waals surface area contributed by atoms with Gasteiger partial charge in [-0.15, -0.1) is 24.0 Å². The smallest absolute Gasteiger partial charge is 0.194 e. The number of likely N-dealkylation sites (tertiary alicyclic amines) is 1. The highest BCUT2D eigenvalue weighted by atomic mass is 127. The van der Waals surface area contributed by atoms with Gasteiger partial charge in [0.15, 0.2) is 5.96 Å². The quantitative estimate of drug-likeness (QED) is 0.299. The van der Waals surface area contributed by atoms with Crippen molar-refractivity contribution in [3.8, 4) is 0 Å². The number of likely N-dealkylation sites (N-methyl/N-ethyl adjacent to an activating group) is 1. The number of anilines is 1. The first-order valence-electron chi connectivity index (χ1n) is 11.9. The molecule has 1 atom stereocenters. The van der Waals surface area contributed by atoms with Crippen LogP contribution in [0.4, 0.5) is 5.69 Å². The average molecular weight is 544 g/mol. The topological polar surface area (TPSA) is 54.3 Å². The van der Waals surface area contributed by atoms with E-state index in [9.17, 15) is 5.11 Å². The van der Waals surface area contributed by atoms with Gasteiger partial charge in [0.1, 0.15) is 0 Å². The van der Waals surface area contributed by atoms with Crippen LogP contribution in [0.25, 0.3) is 0 Å². The summed E-state index contributed by atoms with van der Waals surface area (Å²) in [6.07, 6.45) is 3.38. The van der Waals surface area contributed by atoms with Crippen LogP contribution in [0.5, 0.6) is 0 Å². The van der Waals surface area contributed by atoms with Crippen molar-refractivity contribution in [3.63, 3.8) is 0 Å². The molecular formula is C24H42IN5O. The maximum Gasteiger partial charge on any atom is 0.194 e. The third-order valence-corrected chi connectivity index (χ3v) is 6.71. The maximum absolute atomic E-state index is 9.33. The Hall–Kier alpha value is -1.06. The third kappa shape index (κ3) is 7.22. The lowest BCUT2D eigenvalue weighted by atomic mass is 9.97.